The molecule has 2 saturated carbocycles. The van der Waals surface area contributed by atoms with Crippen LogP contribution in [0.5, 0.6) is 5.75 Å². The highest BCUT2D eigenvalue weighted by Gasteiger charge is 2.52. The van der Waals surface area contributed by atoms with Gasteiger partial charge in [-0.15, -0.1) is 0 Å². The molecule has 0 radical (unpaired) electrons. The number of carbonyl (C=O) groups is 1. The van der Waals surface area contributed by atoms with Gasteiger partial charge in [-0.25, -0.2) is 0 Å². The number of hydrogen-bond acceptors (Lipinski definition) is 3. The minimum Gasteiger partial charge on any atom is -0.490 e. The van der Waals surface area contributed by atoms with Gasteiger partial charge in [0.25, 0.3) is 0 Å². The molecule has 4 nitrogen and oxygen atoms in total. The van der Waals surface area contributed by atoms with Crippen LogP contribution in [0, 0.1) is 17.3 Å². The molecular formula is C28H36F3NO3. The van der Waals surface area contributed by atoms with Gasteiger partial charge in [0.05, 0.1) is 12.0 Å². The van der Waals surface area contributed by atoms with Crippen LogP contribution in [-0.4, -0.2) is 23.2 Å². The van der Waals surface area contributed by atoms with Crippen molar-refractivity contribution >= 4 is 16.7 Å². The van der Waals surface area contributed by atoms with Crippen molar-refractivity contribution in [3.05, 3.63) is 41.5 Å². The number of fused-ring (bicyclic) bond motifs is 1. The van der Waals surface area contributed by atoms with Gasteiger partial charge < -0.3 is 15.2 Å². The molecule has 0 spiro atoms. The van der Waals surface area contributed by atoms with Crippen molar-refractivity contribution in [2.24, 2.45) is 17.3 Å². The zero-order chi connectivity index (χ0) is 25.5. The predicted molar refractivity (Wildman–Crippen MR) is 130 cm³/mol. The Labute approximate surface area is 205 Å². The van der Waals surface area contributed by atoms with Crippen LogP contribution in [0.25, 0.3) is 10.8 Å². The maximum atomic E-state index is 14.3. The molecule has 2 fully saturated rings. The lowest BCUT2D eigenvalue weighted by molar-refractivity contribution is -0.155. The van der Waals surface area contributed by atoms with E-state index in [0.717, 1.165) is 37.7 Å². The Kier molecular flexibility index (Phi) is 7.11. The van der Waals surface area contributed by atoms with E-state index in [0.29, 0.717) is 17.7 Å². The fraction of sp³-hybridized carbons (Fsp3) is 0.607. The van der Waals surface area contributed by atoms with E-state index in [1.54, 1.807) is 18.2 Å². The van der Waals surface area contributed by atoms with Crippen LogP contribution in [0.1, 0.15) is 83.4 Å². The number of rotatable bonds is 7. The van der Waals surface area contributed by atoms with Crippen molar-refractivity contribution in [3.8, 4) is 5.75 Å². The lowest BCUT2D eigenvalue weighted by atomic mass is 9.58. The predicted octanol–water partition coefficient (Wildman–Crippen LogP) is 7.36. The molecule has 192 valence electrons. The first-order valence-electron chi connectivity index (χ1n) is 12.7. The van der Waals surface area contributed by atoms with E-state index >= 15 is 0 Å². The third-order valence-corrected chi connectivity index (χ3v) is 8.47. The molecule has 4 rings (SSSR count). The first-order chi connectivity index (χ1) is 16.4. The van der Waals surface area contributed by atoms with E-state index in [1.807, 2.05) is 26.8 Å². The Morgan fingerprint density at radius 1 is 1.17 bits per heavy atom. The van der Waals surface area contributed by atoms with Gasteiger partial charge in [-0.3, -0.25) is 4.79 Å². The monoisotopic (exact) mass is 491 g/mol. The van der Waals surface area contributed by atoms with Gasteiger partial charge in [0.1, 0.15) is 11.3 Å². The van der Waals surface area contributed by atoms with Crippen LogP contribution in [0.15, 0.2) is 30.3 Å². The summed E-state index contributed by atoms with van der Waals surface area (Å²) in [5.74, 6) is -0.687. The van der Waals surface area contributed by atoms with Crippen molar-refractivity contribution < 1.29 is 27.8 Å². The molecule has 2 aromatic carbocycles. The van der Waals surface area contributed by atoms with Crippen LogP contribution in [-0.2, 0) is 11.0 Å². The summed E-state index contributed by atoms with van der Waals surface area (Å²) in [7, 11) is 0. The van der Waals surface area contributed by atoms with Gasteiger partial charge in [-0.05, 0) is 78.8 Å². The number of halogens is 3. The molecule has 2 aliphatic carbocycles. The first-order valence-corrected chi connectivity index (χ1v) is 12.7. The van der Waals surface area contributed by atoms with E-state index in [-0.39, 0.29) is 29.3 Å². The summed E-state index contributed by atoms with van der Waals surface area (Å²) in [6.45, 7) is 7.89. The molecule has 2 aliphatic rings. The van der Waals surface area contributed by atoms with Crippen LogP contribution >= 0.6 is 0 Å². The molecule has 0 bridgehead atoms. The van der Waals surface area contributed by atoms with Crippen molar-refractivity contribution in [1.82, 2.24) is 5.32 Å². The Morgan fingerprint density at radius 3 is 2.40 bits per heavy atom. The number of benzene rings is 2. The third-order valence-electron chi connectivity index (χ3n) is 8.47. The Morgan fingerprint density at radius 2 is 1.83 bits per heavy atom. The molecule has 2 N–H and O–H groups in total. The second kappa shape index (κ2) is 9.64. The molecule has 7 heteroatoms. The van der Waals surface area contributed by atoms with Crippen LogP contribution < -0.4 is 10.1 Å². The second-order valence-electron chi connectivity index (χ2n) is 11.0. The average Bonchev–Trinajstić information content (AvgIpc) is 2.80. The molecule has 3 atom stereocenters. The fourth-order valence-electron chi connectivity index (χ4n) is 5.84. The van der Waals surface area contributed by atoms with Gasteiger partial charge >= 0.3 is 12.1 Å². The van der Waals surface area contributed by atoms with Gasteiger partial charge in [0.15, 0.2) is 0 Å². The van der Waals surface area contributed by atoms with Crippen molar-refractivity contribution in [2.75, 3.05) is 0 Å². The van der Waals surface area contributed by atoms with Crippen molar-refractivity contribution in [1.29, 1.82) is 0 Å². The molecule has 0 amide bonds. The topological polar surface area (TPSA) is 58.6 Å². The molecule has 0 saturated heterocycles. The lowest BCUT2D eigenvalue weighted by Gasteiger charge is -2.51. The van der Waals surface area contributed by atoms with Gasteiger partial charge in [-0.2, -0.15) is 13.2 Å². The van der Waals surface area contributed by atoms with Gasteiger partial charge in [0.2, 0.25) is 0 Å². The van der Waals surface area contributed by atoms with Crippen LogP contribution in [0.3, 0.4) is 0 Å². The molecule has 0 aromatic heterocycles. The minimum absolute atomic E-state index is 0.0238. The zero-order valence-corrected chi connectivity index (χ0v) is 20.9. The molecule has 0 heterocycles. The van der Waals surface area contributed by atoms with Crippen LogP contribution in [0.2, 0.25) is 0 Å². The van der Waals surface area contributed by atoms with Crippen molar-refractivity contribution in [2.45, 2.75) is 90.6 Å². The number of aliphatic carboxylic acids is 1. The van der Waals surface area contributed by atoms with E-state index in [1.165, 1.54) is 6.07 Å². The third kappa shape index (κ3) is 5.16. The molecule has 2 aromatic rings. The van der Waals surface area contributed by atoms with E-state index in [9.17, 15) is 23.1 Å². The maximum absolute atomic E-state index is 14.3. The summed E-state index contributed by atoms with van der Waals surface area (Å²) in [5, 5.41) is 13.5. The number of hydrogen-bond donors (Lipinski definition) is 2. The molecular weight excluding hydrogens is 455 g/mol. The van der Waals surface area contributed by atoms with E-state index < -0.39 is 29.0 Å². The normalized spacial score (nSPS) is 27.3. The quantitative estimate of drug-likeness (QED) is 0.425. The summed E-state index contributed by atoms with van der Waals surface area (Å²) >= 11 is 0. The van der Waals surface area contributed by atoms with E-state index in [4.69, 9.17) is 4.74 Å². The highest BCUT2D eigenvalue weighted by molar-refractivity contribution is 5.89. The summed E-state index contributed by atoms with van der Waals surface area (Å²) in [6.07, 6.45) is 0.408. The number of ether oxygens (including phenoxy) is 1. The Bertz CT molecular complexity index is 1070. The van der Waals surface area contributed by atoms with E-state index in [2.05, 4.69) is 12.2 Å². The van der Waals surface area contributed by atoms with Gasteiger partial charge in [-0.1, -0.05) is 45.4 Å². The summed E-state index contributed by atoms with van der Waals surface area (Å²) < 4.78 is 49.0. The number of nitrogens with one attached hydrogen (secondary N) is 1. The minimum atomic E-state index is -4.55. The average molecular weight is 492 g/mol. The molecule has 0 aliphatic heterocycles. The highest BCUT2D eigenvalue weighted by Crippen LogP contribution is 2.47. The van der Waals surface area contributed by atoms with Gasteiger partial charge in [0, 0.05) is 12.1 Å². The molecule has 35 heavy (non-hydrogen) atoms. The number of carboxylic acid groups (broad SMARTS) is 1. The zero-order valence-electron chi connectivity index (χ0n) is 20.9. The summed E-state index contributed by atoms with van der Waals surface area (Å²) in [4.78, 5) is 11.4. The smallest absolute Gasteiger partial charge is 0.420 e. The lowest BCUT2D eigenvalue weighted by Crippen LogP contribution is -2.59. The van der Waals surface area contributed by atoms with Crippen molar-refractivity contribution in [3.63, 3.8) is 0 Å². The summed E-state index contributed by atoms with van der Waals surface area (Å²) in [5.41, 5.74) is -0.402. The standard InChI is InChI=1S/C28H36F3NO3/c1-5-17-6-11-20(12-7-17)35-23-13-10-18-8-9-19(14-21(18)25(23)28(29,30)31)16(2)32-24-15-22(26(33)34)27(24,3)4/h8-10,13-14,16-17,20,22,24,32H,5-7,11-12,15H2,1-4H3,(H,33,34)/t16-,17?,20?,22+,24-/m0/s1. The summed E-state index contributed by atoms with van der Waals surface area (Å²) in [6, 6.07) is 8.08. The maximum Gasteiger partial charge on any atom is 0.420 e. The fourth-order valence-corrected chi connectivity index (χ4v) is 5.84. The number of carboxylic acids is 1. The highest BCUT2D eigenvalue weighted by atomic mass is 19.4. The largest absolute Gasteiger partial charge is 0.490 e. The number of alkyl halides is 3. The van der Waals surface area contributed by atoms with Crippen LogP contribution in [0.4, 0.5) is 13.2 Å². The first kappa shape index (κ1) is 25.8. The Hall–Kier alpha value is -2.28. The Balaban J connectivity index is 1.60. The second-order valence-corrected chi connectivity index (χ2v) is 11.0. The molecule has 0 unspecified atom stereocenters. The SMILES string of the molecule is CCC1CCC(Oc2ccc3ccc([C@H](C)N[C@H]4C[C@H](C(=O)O)C4(C)C)cc3c2C(F)(F)F)CC1.